The van der Waals surface area contributed by atoms with Crippen LogP contribution in [-0.2, 0) is 6.54 Å². The van der Waals surface area contributed by atoms with Crippen LogP contribution >= 0.6 is 12.2 Å². The average Bonchev–Trinajstić information content (AvgIpc) is 3.50. The molecule has 0 unspecified atom stereocenters. The molecular weight excluding hydrogens is 514 g/mol. The van der Waals surface area contributed by atoms with Gasteiger partial charge in [-0.1, -0.05) is 31.4 Å². The maximum atomic E-state index is 13.0. The Bertz CT molecular complexity index is 1300. The summed E-state index contributed by atoms with van der Waals surface area (Å²) in [6.45, 7) is 3.69. The third-order valence-corrected chi connectivity index (χ3v) is 7.87. The molecule has 1 aromatic heterocycles. The first-order valence-electron chi connectivity index (χ1n) is 13.4. The fourth-order valence-corrected chi connectivity index (χ4v) is 5.62. The summed E-state index contributed by atoms with van der Waals surface area (Å²) in [5.74, 6) is -0.312. The number of H-pyrrole nitrogens is 1. The number of hydrogen-bond donors (Lipinski definition) is 3. The summed E-state index contributed by atoms with van der Waals surface area (Å²) in [5.41, 5.74) is 3.41. The van der Waals surface area contributed by atoms with Crippen LogP contribution in [0.2, 0.25) is 0 Å². The van der Waals surface area contributed by atoms with E-state index in [1.807, 2.05) is 24.3 Å². The lowest BCUT2D eigenvalue weighted by Gasteiger charge is -2.38. The van der Waals surface area contributed by atoms with Crippen molar-refractivity contribution in [2.75, 3.05) is 31.1 Å². The molecule has 0 radical (unpaired) electrons. The van der Waals surface area contributed by atoms with Crippen LogP contribution in [0.3, 0.4) is 0 Å². The molecular formula is C28H33N7O3S. The van der Waals surface area contributed by atoms with E-state index < -0.39 is 4.92 Å². The Hall–Kier alpha value is -3.99. The van der Waals surface area contributed by atoms with Gasteiger partial charge >= 0.3 is 0 Å². The molecule has 11 heteroatoms. The van der Waals surface area contributed by atoms with Crippen molar-refractivity contribution in [1.29, 1.82) is 0 Å². The molecule has 39 heavy (non-hydrogen) atoms. The Balaban J connectivity index is 1.25. The second-order valence-corrected chi connectivity index (χ2v) is 10.4. The third-order valence-electron chi connectivity index (χ3n) is 7.50. The van der Waals surface area contributed by atoms with E-state index in [-0.39, 0.29) is 18.1 Å². The fourth-order valence-electron chi connectivity index (χ4n) is 5.27. The quantitative estimate of drug-likeness (QED) is 0.228. The molecule has 10 nitrogen and oxygen atoms in total. The predicted octanol–water partition coefficient (Wildman–Crippen LogP) is 4.24. The fraction of sp³-hybridized carbons (Fsp3) is 0.393. The number of nitro benzene ring substituents is 1. The van der Waals surface area contributed by atoms with Crippen molar-refractivity contribution < 1.29 is 9.72 Å². The van der Waals surface area contributed by atoms with Crippen LogP contribution < -0.4 is 15.5 Å². The second-order valence-electron chi connectivity index (χ2n) is 10.1. The normalized spacial score (nSPS) is 16.1. The topological polar surface area (TPSA) is 119 Å². The van der Waals surface area contributed by atoms with Crippen LogP contribution in [0.4, 0.5) is 11.4 Å². The Morgan fingerprint density at radius 1 is 1.08 bits per heavy atom. The molecule has 2 heterocycles. The minimum atomic E-state index is -0.447. The van der Waals surface area contributed by atoms with E-state index in [2.05, 4.69) is 30.4 Å². The summed E-state index contributed by atoms with van der Waals surface area (Å²) in [4.78, 5) is 35.5. The number of nitrogens with zero attached hydrogens (tertiary/aromatic N) is 4. The van der Waals surface area contributed by atoms with Gasteiger partial charge in [-0.2, -0.15) is 0 Å². The van der Waals surface area contributed by atoms with Gasteiger partial charge in [0.15, 0.2) is 5.11 Å². The van der Waals surface area contributed by atoms with Crippen molar-refractivity contribution in [2.24, 2.45) is 0 Å². The molecule has 1 saturated heterocycles. The molecule has 0 spiro atoms. The molecule has 2 aromatic carbocycles. The van der Waals surface area contributed by atoms with Crippen LogP contribution in [0.1, 0.15) is 48.2 Å². The number of aromatic amines is 1. The lowest BCUT2D eigenvalue weighted by atomic mass is 9.96. The number of anilines is 1. The molecule has 3 N–H and O–H groups in total. The number of hydrogen-bond acceptors (Lipinski definition) is 6. The summed E-state index contributed by atoms with van der Waals surface area (Å²) in [7, 11) is 0. The van der Waals surface area contributed by atoms with Gasteiger partial charge in [0.25, 0.3) is 11.6 Å². The maximum absolute atomic E-state index is 13.0. The molecule has 1 saturated carbocycles. The number of aromatic nitrogens is 2. The maximum Gasteiger partial charge on any atom is 0.270 e. The number of imidazole rings is 1. The van der Waals surface area contributed by atoms with Gasteiger partial charge in [0.2, 0.25) is 0 Å². The van der Waals surface area contributed by atoms with Crippen molar-refractivity contribution in [3.8, 4) is 11.1 Å². The van der Waals surface area contributed by atoms with E-state index in [4.69, 9.17) is 12.2 Å². The van der Waals surface area contributed by atoms with Crippen LogP contribution in [0.15, 0.2) is 55.0 Å². The Kier molecular flexibility index (Phi) is 8.36. The van der Waals surface area contributed by atoms with Gasteiger partial charge in [-0.15, -0.1) is 0 Å². The molecule has 204 valence electrons. The molecule has 0 bridgehead atoms. The molecule has 1 amide bonds. The van der Waals surface area contributed by atoms with Crippen molar-refractivity contribution in [2.45, 2.75) is 44.7 Å². The molecule has 3 aromatic rings. The zero-order valence-electron chi connectivity index (χ0n) is 21.8. The Labute approximate surface area is 232 Å². The van der Waals surface area contributed by atoms with E-state index in [1.54, 1.807) is 12.5 Å². The number of rotatable bonds is 7. The number of nitro groups is 1. The van der Waals surface area contributed by atoms with Crippen LogP contribution in [-0.4, -0.2) is 63.0 Å². The number of thiocarbonyl (C=S) groups is 1. The Morgan fingerprint density at radius 3 is 2.49 bits per heavy atom. The zero-order valence-corrected chi connectivity index (χ0v) is 22.6. The van der Waals surface area contributed by atoms with E-state index in [0.29, 0.717) is 17.2 Å². The molecule has 0 atom stereocenters. The SMILES string of the molecule is O=C(NCc1cnc[nH]1)c1ccc([N+](=O)[O-])cc1-c1ccc(N2CCN(C(=S)NC3CCCCC3)CC2)cc1. The first kappa shape index (κ1) is 26.6. The van der Waals surface area contributed by atoms with Gasteiger partial charge < -0.3 is 25.4 Å². The number of nitrogens with one attached hydrogen (secondary N) is 3. The largest absolute Gasteiger partial charge is 0.368 e. The van der Waals surface area contributed by atoms with Gasteiger partial charge in [0, 0.05) is 67.4 Å². The van der Waals surface area contributed by atoms with E-state index in [1.165, 1.54) is 50.3 Å². The number of non-ortho nitro benzene ring substituents is 1. The number of benzene rings is 2. The predicted molar refractivity (Wildman–Crippen MR) is 155 cm³/mol. The van der Waals surface area contributed by atoms with Crippen molar-refractivity contribution in [3.63, 3.8) is 0 Å². The van der Waals surface area contributed by atoms with Crippen molar-refractivity contribution in [1.82, 2.24) is 25.5 Å². The number of piperazine rings is 1. The van der Waals surface area contributed by atoms with Gasteiger partial charge in [0.05, 0.1) is 23.5 Å². The summed E-state index contributed by atoms with van der Waals surface area (Å²) >= 11 is 5.70. The van der Waals surface area contributed by atoms with E-state index in [0.717, 1.165) is 48.2 Å². The monoisotopic (exact) mass is 547 g/mol. The first-order valence-corrected chi connectivity index (χ1v) is 13.8. The van der Waals surface area contributed by atoms with Gasteiger partial charge in [0.1, 0.15) is 0 Å². The highest BCUT2D eigenvalue weighted by Crippen LogP contribution is 2.30. The molecule has 1 aliphatic carbocycles. The van der Waals surface area contributed by atoms with Crippen molar-refractivity contribution in [3.05, 3.63) is 76.4 Å². The minimum absolute atomic E-state index is 0.0619. The van der Waals surface area contributed by atoms with Crippen LogP contribution in [0, 0.1) is 10.1 Å². The van der Waals surface area contributed by atoms with E-state index >= 15 is 0 Å². The highest BCUT2D eigenvalue weighted by atomic mass is 32.1. The lowest BCUT2D eigenvalue weighted by molar-refractivity contribution is -0.384. The third kappa shape index (κ3) is 6.54. The highest BCUT2D eigenvalue weighted by Gasteiger charge is 2.23. The smallest absolute Gasteiger partial charge is 0.270 e. The second kappa shape index (κ2) is 12.2. The number of amides is 1. The number of carbonyl (C=O) groups is 1. The summed E-state index contributed by atoms with van der Waals surface area (Å²) < 4.78 is 0. The highest BCUT2D eigenvalue weighted by molar-refractivity contribution is 7.80. The molecule has 5 rings (SSSR count). The minimum Gasteiger partial charge on any atom is -0.368 e. The van der Waals surface area contributed by atoms with Gasteiger partial charge in [-0.25, -0.2) is 4.98 Å². The Morgan fingerprint density at radius 2 is 1.82 bits per heavy atom. The van der Waals surface area contributed by atoms with Crippen LogP contribution in [0.5, 0.6) is 0 Å². The molecule has 2 aliphatic rings. The summed E-state index contributed by atoms with van der Waals surface area (Å²) in [6, 6.07) is 12.7. The summed E-state index contributed by atoms with van der Waals surface area (Å²) in [6.07, 6.45) is 9.45. The standard InChI is InChI=1S/C28H33N7O3S/c36-27(30-18-22-17-29-19-31-22)25-11-10-24(35(37)38)16-26(25)20-6-8-23(9-7-20)33-12-14-34(15-13-33)28(39)32-21-4-2-1-3-5-21/h6-11,16-17,19,21H,1-5,12-15,18H2,(H,29,31)(H,30,36)(H,32,39). The van der Waals surface area contributed by atoms with Gasteiger partial charge in [-0.3, -0.25) is 14.9 Å². The summed E-state index contributed by atoms with van der Waals surface area (Å²) in [5, 5.41) is 18.7. The number of carbonyl (C=O) groups excluding carboxylic acids is 1. The van der Waals surface area contributed by atoms with Crippen molar-refractivity contribution >= 4 is 34.6 Å². The molecule has 1 aliphatic heterocycles. The average molecular weight is 548 g/mol. The van der Waals surface area contributed by atoms with Crippen LogP contribution in [0.25, 0.3) is 11.1 Å². The van der Waals surface area contributed by atoms with Gasteiger partial charge in [-0.05, 0) is 48.8 Å². The lowest BCUT2D eigenvalue weighted by Crippen LogP contribution is -2.53. The zero-order chi connectivity index (χ0) is 27.2. The van der Waals surface area contributed by atoms with E-state index in [9.17, 15) is 14.9 Å². The molecule has 2 fully saturated rings. The first-order chi connectivity index (χ1) is 19.0.